The van der Waals surface area contributed by atoms with Crippen LogP contribution in [0.2, 0.25) is 0 Å². The zero-order chi connectivity index (χ0) is 10.5. The molecule has 84 valence electrons. The van der Waals surface area contributed by atoms with Crippen LogP contribution in [-0.2, 0) is 11.3 Å². The van der Waals surface area contributed by atoms with Gasteiger partial charge in [0.05, 0.1) is 25.9 Å². The molecule has 2 rings (SSSR count). The van der Waals surface area contributed by atoms with Crippen LogP contribution < -0.4 is 0 Å². The number of aliphatic hydroxyl groups excluding tert-OH is 1. The first-order chi connectivity index (χ1) is 7.38. The Morgan fingerprint density at radius 3 is 3.13 bits per heavy atom. The highest BCUT2D eigenvalue weighted by Gasteiger charge is 2.18. The summed E-state index contributed by atoms with van der Waals surface area (Å²) in [5.74, 6) is 0. The molecule has 0 aromatic carbocycles. The number of nitrogens with zero attached hydrogens (tertiary/aromatic N) is 3. The minimum absolute atomic E-state index is 0.0172. The first kappa shape index (κ1) is 10.6. The molecule has 1 aromatic heterocycles. The standard InChI is InChI=1S/C10H17N3O2/c14-9-10-8-12(6-7-15-10)4-5-13-3-1-2-11-13/h1-3,10,14H,4-9H2. The first-order valence-corrected chi connectivity index (χ1v) is 5.31. The molecule has 1 fully saturated rings. The summed E-state index contributed by atoms with van der Waals surface area (Å²) in [5, 5.41) is 13.1. The molecule has 1 aliphatic rings. The van der Waals surface area contributed by atoms with E-state index < -0.39 is 0 Å². The second-order valence-electron chi connectivity index (χ2n) is 3.75. The van der Waals surface area contributed by atoms with Crippen LogP contribution >= 0.6 is 0 Å². The predicted molar refractivity (Wildman–Crippen MR) is 55.5 cm³/mol. The summed E-state index contributed by atoms with van der Waals surface area (Å²) in [7, 11) is 0. The molecule has 0 radical (unpaired) electrons. The number of ether oxygens (including phenoxy) is 1. The van der Waals surface area contributed by atoms with Gasteiger partial charge in [-0.3, -0.25) is 9.58 Å². The van der Waals surface area contributed by atoms with Crippen molar-refractivity contribution in [2.45, 2.75) is 12.6 Å². The molecule has 0 aliphatic carbocycles. The van der Waals surface area contributed by atoms with E-state index in [1.165, 1.54) is 0 Å². The summed E-state index contributed by atoms with van der Waals surface area (Å²) in [4.78, 5) is 2.30. The molecule has 0 saturated carbocycles. The lowest BCUT2D eigenvalue weighted by Crippen LogP contribution is -2.45. The molecule has 1 atom stereocenters. The summed E-state index contributed by atoms with van der Waals surface area (Å²) >= 11 is 0. The Morgan fingerprint density at radius 2 is 2.40 bits per heavy atom. The van der Waals surface area contributed by atoms with Crippen molar-refractivity contribution in [2.24, 2.45) is 0 Å². The van der Waals surface area contributed by atoms with Crippen molar-refractivity contribution in [1.82, 2.24) is 14.7 Å². The summed E-state index contributed by atoms with van der Waals surface area (Å²) in [6.07, 6.45) is 3.73. The molecule has 1 unspecified atom stereocenters. The van der Waals surface area contributed by atoms with Gasteiger partial charge in [-0.05, 0) is 6.07 Å². The topological polar surface area (TPSA) is 50.5 Å². The molecule has 1 N–H and O–H groups in total. The van der Waals surface area contributed by atoms with E-state index in [4.69, 9.17) is 9.84 Å². The summed E-state index contributed by atoms with van der Waals surface area (Å²) in [6, 6.07) is 1.93. The molecule has 1 saturated heterocycles. The van der Waals surface area contributed by atoms with Gasteiger partial charge in [-0.1, -0.05) is 0 Å². The van der Waals surface area contributed by atoms with E-state index in [9.17, 15) is 0 Å². The zero-order valence-electron chi connectivity index (χ0n) is 8.75. The molecule has 0 bridgehead atoms. The fourth-order valence-electron chi connectivity index (χ4n) is 1.77. The molecule has 5 nitrogen and oxygen atoms in total. The van der Waals surface area contributed by atoms with Gasteiger partial charge in [0.2, 0.25) is 0 Å². The smallest absolute Gasteiger partial charge is 0.0932 e. The highest BCUT2D eigenvalue weighted by molar-refractivity contribution is 4.78. The fraction of sp³-hybridized carbons (Fsp3) is 0.700. The minimum atomic E-state index is -0.0172. The van der Waals surface area contributed by atoms with Gasteiger partial charge in [-0.25, -0.2) is 0 Å². The van der Waals surface area contributed by atoms with Crippen molar-refractivity contribution in [3.05, 3.63) is 18.5 Å². The monoisotopic (exact) mass is 211 g/mol. The van der Waals surface area contributed by atoms with Gasteiger partial charge in [-0.2, -0.15) is 5.10 Å². The van der Waals surface area contributed by atoms with Crippen molar-refractivity contribution >= 4 is 0 Å². The molecular weight excluding hydrogens is 194 g/mol. The Kier molecular flexibility index (Phi) is 3.71. The quantitative estimate of drug-likeness (QED) is 0.734. The Bertz CT molecular complexity index is 276. The largest absolute Gasteiger partial charge is 0.394 e. The van der Waals surface area contributed by atoms with E-state index in [2.05, 4.69) is 10.00 Å². The Balaban J connectivity index is 1.74. The molecule has 15 heavy (non-hydrogen) atoms. The second kappa shape index (κ2) is 5.25. The summed E-state index contributed by atoms with van der Waals surface area (Å²) < 4.78 is 7.30. The van der Waals surface area contributed by atoms with E-state index in [0.717, 1.165) is 26.2 Å². The third kappa shape index (κ3) is 3.02. The summed E-state index contributed by atoms with van der Waals surface area (Å²) in [6.45, 7) is 4.44. The van der Waals surface area contributed by atoms with Gasteiger partial charge in [0.1, 0.15) is 0 Å². The summed E-state index contributed by atoms with van der Waals surface area (Å²) in [5.41, 5.74) is 0. The maximum Gasteiger partial charge on any atom is 0.0932 e. The van der Waals surface area contributed by atoms with Crippen molar-refractivity contribution in [1.29, 1.82) is 0 Å². The van der Waals surface area contributed by atoms with Gasteiger partial charge < -0.3 is 9.84 Å². The third-order valence-corrected chi connectivity index (χ3v) is 2.63. The minimum Gasteiger partial charge on any atom is -0.394 e. The second-order valence-corrected chi connectivity index (χ2v) is 3.75. The average molecular weight is 211 g/mol. The van der Waals surface area contributed by atoms with E-state index in [1.807, 2.05) is 16.9 Å². The van der Waals surface area contributed by atoms with Gasteiger partial charge >= 0.3 is 0 Å². The molecule has 0 amide bonds. The maximum atomic E-state index is 8.99. The number of hydrogen-bond donors (Lipinski definition) is 1. The van der Waals surface area contributed by atoms with E-state index in [1.54, 1.807) is 6.20 Å². The predicted octanol–water partition coefficient (Wildman–Crippen LogP) is -0.424. The number of rotatable bonds is 4. The molecule has 2 heterocycles. The van der Waals surface area contributed by atoms with Crippen LogP contribution in [0.4, 0.5) is 0 Å². The number of aromatic nitrogens is 2. The first-order valence-electron chi connectivity index (χ1n) is 5.31. The maximum absolute atomic E-state index is 8.99. The molecule has 5 heteroatoms. The molecule has 1 aliphatic heterocycles. The van der Waals surface area contributed by atoms with Crippen molar-refractivity contribution in [3.8, 4) is 0 Å². The SMILES string of the molecule is OCC1CN(CCn2cccn2)CCO1. The van der Waals surface area contributed by atoms with Crippen LogP contribution in [0.15, 0.2) is 18.5 Å². The van der Waals surface area contributed by atoms with Crippen LogP contribution in [0.3, 0.4) is 0 Å². The normalized spacial score (nSPS) is 23.1. The lowest BCUT2D eigenvalue weighted by atomic mass is 10.3. The zero-order valence-corrected chi connectivity index (χ0v) is 8.75. The van der Waals surface area contributed by atoms with Crippen LogP contribution in [0, 0.1) is 0 Å². The fourth-order valence-corrected chi connectivity index (χ4v) is 1.77. The Labute approximate surface area is 89.3 Å². The van der Waals surface area contributed by atoms with Crippen LogP contribution in [-0.4, -0.2) is 58.7 Å². The van der Waals surface area contributed by atoms with Gasteiger partial charge in [0.15, 0.2) is 0 Å². The van der Waals surface area contributed by atoms with Crippen molar-refractivity contribution in [2.75, 3.05) is 32.8 Å². The average Bonchev–Trinajstić information content (AvgIpc) is 2.79. The lowest BCUT2D eigenvalue weighted by Gasteiger charge is -2.31. The van der Waals surface area contributed by atoms with Crippen LogP contribution in [0.1, 0.15) is 0 Å². The molecular formula is C10H17N3O2. The number of hydrogen-bond acceptors (Lipinski definition) is 4. The van der Waals surface area contributed by atoms with Gasteiger partial charge in [0, 0.05) is 32.0 Å². The van der Waals surface area contributed by atoms with Crippen molar-refractivity contribution < 1.29 is 9.84 Å². The lowest BCUT2D eigenvalue weighted by molar-refractivity contribution is -0.0534. The van der Waals surface area contributed by atoms with E-state index >= 15 is 0 Å². The third-order valence-electron chi connectivity index (χ3n) is 2.63. The highest BCUT2D eigenvalue weighted by Crippen LogP contribution is 2.04. The van der Waals surface area contributed by atoms with E-state index in [-0.39, 0.29) is 12.7 Å². The Morgan fingerprint density at radius 1 is 1.47 bits per heavy atom. The van der Waals surface area contributed by atoms with Gasteiger partial charge in [0.25, 0.3) is 0 Å². The number of morpholine rings is 1. The Hall–Kier alpha value is -0.910. The highest BCUT2D eigenvalue weighted by atomic mass is 16.5. The van der Waals surface area contributed by atoms with Crippen LogP contribution in [0.5, 0.6) is 0 Å². The van der Waals surface area contributed by atoms with Gasteiger partial charge in [-0.15, -0.1) is 0 Å². The van der Waals surface area contributed by atoms with Crippen LogP contribution in [0.25, 0.3) is 0 Å². The van der Waals surface area contributed by atoms with E-state index in [0.29, 0.717) is 6.61 Å². The molecule has 1 aromatic rings. The number of aliphatic hydroxyl groups is 1. The molecule has 0 spiro atoms. The van der Waals surface area contributed by atoms with Crippen molar-refractivity contribution in [3.63, 3.8) is 0 Å².